The summed E-state index contributed by atoms with van der Waals surface area (Å²) in [4.78, 5) is 41.7. The van der Waals surface area contributed by atoms with Crippen molar-refractivity contribution in [3.05, 3.63) is 0 Å². The first-order chi connectivity index (χ1) is 9.40. The molecule has 0 fully saturated rings. The van der Waals surface area contributed by atoms with Gasteiger partial charge < -0.3 is 18.9 Å². The van der Waals surface area contributed by atoms with Gasteiger partial charge in [-0.15, -0.1) is 0 Å². The molecule has 0 amide bonds. The van der Waals surface area contributed by atoms with Crippen molar-refractivity contribution in [3.63, 3.8) is 0 Å². The normalized spacial score (nSPS) is 8.60. The minimum atomic E-state index is -0.582. The van der Waals surface area contributed by atoms with Gasteiger partial charge in [0.05, 0.1) is 27.4 Å². The fourth-order valence-corrected chi connectivity index (χ4v) is 0.804. The predicted molar refractivity (Wildman–Crippen MR) is 66.5 cm³/mol. The Labute approximate surface area is 117 Å². The molecule has 0 radical (unpaired) electrons. The Balaban J connectivity index is 0. The van der Waals surface area contributed by atoms with Crippen molar-refractivity contribution in [3.8, 4) is 0 Å². The predicted octanol–water partition coefficient (Wildman–Crippen LogP) is 0.225. The number of carbonyl (C=O) groups is 4. The molecule has 0 aromatic heterocycles. The van der Waals surface area contributed by atoms with Crippen LogP contribution in [0.4, 0.5) is 0 Å². The van der Waals surface area contributed by atoms with Crippen LogP contribution in [0.25, 0.3) is 0 Å². The molecule has 0 aromatic carbocycles. The second-order valence-electron chi connectivity index (χ2n) is 3.12. The lowest BCUT2D eigenvalue weighted by Gasteiger charge is -2.00. The Morgan fingerprint density at radius 2 is 0.950 bits per heavy atom. The van der Waals surface area contributed by atoms with Crippen LogP contribution in [0.5, 0.6) is 0 Å². The molecule has 8 nitrogen and oxygen atoms in total. The molecule has 0 saturated heterocycles. The summed E-state index contributed by atoms with van der Waals surface area (Å²) in [5.41, 5.74) is 0. The summed E-state index contributed by atoms with van der Waals surface area (Å²) in [7, 11) is 2.43. The van der Waals surface area contributed by atoms with Crippen LogP contribution < -0.4 is 0 Å². The smallest absolute Gasteiger partial charge is 0.317 e. The van der Waals surface area contributed by atoms with Gasteiger partial charge in [-0.05, 0) is 13.8 Å². The summed E-state index contributed by atoms with van der Waals surface area (Å²) in [6.45, 7) is 3.95. The van der Waals surface area contributed by atoms with Crippen LogP contribution in [0.1, 0.15) is 26.7 Å². The monoisotopic (exact) mass is 292 g/mol. The summed E-state index contributed by atoms with van der Waals surface area (Å²) >= 11 is 0. The van der Waals surface area contributed by atoms with E-state index < -0.39 is 23.9 Å². The van der Waals surface area contributed by atoms with E-state index >= 15 is 0 Å². The van der Waals surface area contributed by atoms with Gasteiger partial charge in [0.2, 0.25) is 0 Å². The summed E-state index contributed by atoms with van der Waals surface area (Å²) in [6.07, 6.45) is -0.602. The molecule has 0 bridgehead atoms. The van der Waals surface area contributed by atoms with Crippen LogP contribution in [0.15, 0.2) is 0 Å². The summed E-state index contributed by atoms with van der Waals surface area (Å²) in [5.74, 6) is -2.24. The molecular formula is C12H20O8. The fraction of sp³-hybridized carbons (Fsp3) is 0.667. The molecule has 0 aliphatic carbocycles. The summed E-state index contributed by atoms with van der Waals surface area (Å²) in [6, 6.07) is 0. The van der Waals surface area contributed by atoms with Crippen molar-refractivity contribution in [2.24, 2.45) is 0 Å². The maximum atomic E-state index is 10.6. The molecule has 0 aromatic rings. The highest BCUT2D eigenvalue weighted by Crippen LogP contribution is 1.89. The standard InChI is InChI=1S/C7H12O4.C5H8O4/c1-3-10-6(8)5-7(9)11-4-2;1-8-4(6)3-5(7)9-2/h3-5H2,1-2H3;3H2,1-2H3. The molecule has 0 heterocycles. The lowest BCUT2D eigenvalue weighted by Crippen LogP contribution is -2.13. The van der Waals surface area contributed by atoms with Crippen LogP contribution in [-0.4, -0.2) is 51.3 Å². The lowest BCUT2D eigenvalue weighted by molar-refractivity contribution is -0.154. The molecule has 0 aliphatic heterocycles. The van der Waals surface area contributed by atoms with E-state index in [1.807, 2.05) is 0 Å². The molecule has 116 valence electrons. The van der Waals surface area contributed by atoms with E-state index in [-0.39, 0.29) is 26.1 Å². The van der Waals surface area contributed by atoms with Gasteiger partial charge in [0.25, 0.3) is 0 Å². The van der Waals surface area contributed by atoms with Crippen LogP contribution in [0.2, 0.25) is 0 Å². The van der Waals surface area contributed by atoms with E-state index in [0.717, 1.165) is 0 Å². The molecule has 0 aliphatic rings. The Morgan fingerprint density at radius 1 is 0.650 bits per heavy atom. The SMILES string of the molecule is CCOC(=O)CC(=O)OCC.COC(=O)CC(=O)OC. The molecular weight excluding hydrogens is 272 g/mol. The van der Waals surface area contributed by atoms with Crippen molar-refractivity contribution in [1.82, 2.24) is 0 Å². The van der Waals surface area contributed by atoms with Crippen LogP contribution in [0.3, 0.4) is 0 Å². The highest BCUT2D eigenvalue weighted by Gasteiger charge is 2.09. The van der Waals surface area contributed by atoms with E-state index in [9.17, 15) is 19.2 Å². The zero-order valence-electron chi connectivity index (χ0n) is 12.1. The molecule has 0 rings (SSSR count). The first-order valence-corrected chi connectivity index (χ1v) is 5.86. The van der Waals surface area contributed by atoms with Crippen LogP contribution >= 0.6 is 0 Å². The van der Waals surface area contributed by atoms with Crippen molar-refractivity contribution in [1.29, 1.82) is 0 Å². The number of esters is 4. The summed E-state index contributed by atoms with van der Waals surface area (Å²) < 4.78 is 17.4. The Bertz CT molecular complexity index is 293. The van der Waals surface area contributed by atoms with Crippen LogP contribution in [-0.2, 0) is 38.1 Å². The lowest BCUT2D eigenvalue weighted by atomic mass is 10.4. The average molecular weight is 292 g/mol. The first-order valence-electron chi connectivity index (χ1n) is 5.86. The number of hydrogen-bond donors (Lipinski definition) is 0. The van der Waals surface area contributed by atoms with E-state index in [1.165, 1.54) is 14.2 Å². The van der Waals surface area contributed by atoms with Gasteiger partial charge in [0.1, 0.15) is 12.8 Å². The second-order valence-corrected chi connectivity index (χ2v) is 3.12. The average Bonchev–Trinajstić information content (AvgIpc) is 2.39. The molecule has 20 heavy (non-hydrogen) atoms. The number of methoxy groups -OCH3 is 2. The highest BCUT2D eigenvalue weighted by atomic mass is 16.6. The number of ether oxygens (including phenoxy) is 4. The topological polar surface area (TPSA) is 105 Å². The Morgan fingerprint density at radius 3 is 1.20 bits per heavy atom. The van der Waals surface area contributed by atoms with Gasteiger partial charge in [0, 0.05) is 0 Å². The van der Waals surface area contributed by atoms with Gasteiger partial charge in [0.15, 0.2) is 0 Å². The molecule has 0 N–H and O–H groups in total. The van der Waals surface area contributed by atoms with E-state index in [4.69, 9.17) is 0 Å². The summed E-state index contributed by atoms with van der Waals surface area (Å²) in [5, 5.41) is 0. The minimum Gasteiger partial charge on any atom is -0.469 e. The first kappa shape index (κ1) is 20.2. The van der Waals surface area contributed by atoms with Gasteiger partial charge in [-0.25, -0.2) is 0 Å². The second kappa shape index (κ2) is 13.3. The van der Waals surface area contributed by atoms with Gasteiger partial charge in [-0.3, -0.25) is 19.2 Å². The van der Waals surface area contributed by atoms with E-state index in [2.05, 4.69) is 18.9 Å². The van der Waals surface area contributed by atoms with Gasteiger partial charge >= 0.3 is 23.9 Å². The molecule has 0 saturated carbocycles. The third-order valence-corrected chi connectivity index (χ3v) is 1.64. The zero-order valence-corrected chi connectivity index (χ0v) is 12.1. The number of rotatable bonds is 6. The van der Waals surface area contributed by atoms with Gasteiger partial charge in [-0.1, -0.05) is 0 Å². The number of carbonyl (C=O) groups excluding carboxylic acids is 4. The quantitative estimate of drug-likeness (QED) is 0.389. The van der Waals surface area contributed by atoms with Crippen molar-refractivity contribution in [2.45, 2.75) is 26.7 Å². The third kappa shape index (κ3) is 13.9. The zero-order chi connectivity index (χ0) is 16.0. The number of hydrogen-bond acceptors (Lipinski definition) is 8. The maximum absolute atomic E-state index is 10.6. The van der Waals surface area contributed by atoms with E-state index in [0.29, 0.717) is 0 Å². The fourth-order valence-electron chi connectivity index (χ4n) is 0.804. The Hall–Kier alpha value is -2.12. The van der Waals surface area contributed by atoms with E-state index in [1.54, 1.807) is 13.8 Å². The van der Waals surface area contributed by atoms with Crippen molar-refractivity contribution < 1.29 is 38.1 Å². The van der Waals surface area contributed by atoms with Crippen molar-refractivity contribution >= 4 is 23.9 Å². The molecule has 0 unspecified atom stereocenters. The third-order valence-electron chi connectivity index (χ3n) is 1.64. The van der Waals surface area contributed by atoms with Gasteiger partial charge in [-0.2, -0.15) is 0 Å². The molecule has 0 spiro atoms. The largest absolute Gasteiger partial charge is 0.469 e. The molecule has 8 heteroatoms. The maximum Gasteiger partial charge on any atom is 0.317 e. The molecule has 0 atom stereocenters. The highest BCUT2D eigenvalue weighted by molar-refractivity contribution is 5.91. The van der Waals surface area contributed by atoms with Crippen molar-refractivity contribution in [2.75, 3.05) is 27.4 Å². The van der Waals surface area contributed by atoms with Crippen LogP contribution in [0, 0.1) is 0 Å². The Kier molecular flexibility index (Phi) is 13.4. The minimum absolute atomic E-state index is 0.290.